The Labute approximate surface area is 141 Å². The lowest BCUT2D eigenvalue weighted by Gasteiger charge is -2.10. The number of benzene rings is 2. The Balaban J connectivity index is 2.36. The molecule has 2 aromatic carbocycles. The summed E-state index contributed by atoms with van der Waals surface area (Å²) in [7, 11) is -3.74. The number of anilines is 1. The largest absolute Gasteiger partial charge is 0.389 e. The molecule has 2 rings (SSSR count). The van der Waals surface area contributed by atoms with E-state index in [1.54, 1.807) is 24.3 Å². The average molecular weight is 406 g/mol. The van der Waals surface area contributed by atoms with Crippen LogP contribution in [0.4, 0.5) is 5.69 Å². The van der Waals surface area contributed by atoms with E-state index in [1.807, 2.05) is 0 Å². The van der Waals surface area contributed by atoms with Gasteiger partial charge in [-0.15, -0.1) is 0 Å². The van der Waals surface area contributed by atoms with Gasteiger partial charge in [0.2, 0.25) is 0 Å². The third-order valence-corrected chi connectivity index (χ3v) is 5.45. The van der Waals surface area contributed by atoms with Crippen molar-refractivity contribution in [1.82, 2.24) is 0 Å². The van der Waals surface area contributed by atoms with Gasteiger partial charge < -0.3 is 5.73 Å². The van der Waals surface area contributed by atoms with E-state index in [2.05, 4.69) is 20.7 Å². The Hall–Kier alpha value is -1.15. The van der Waals surface area contributed by atoms with Crippen LogP contribution in [0.2, 0.25) is 5.02 Å². The highest BCUT2D eigenvalue weighted by Gasteiger charge is 2.15. The second-order valence-corrected chi connectivity index (χ2v) is 7.51. The molecule has 0 unspecified atom stereocenters. The van der Waals surface area contributed by atoms with E-state index in [0.717, 1.165) is 0 Å². The fourth-order valence-corrected chi connectivity index (χ4v) is 3.24. The molecule has 2 aromatic rings. The highest BCUT2D eigenvalue weighted by molar-refractivity contribution is 9.10. The maximum Gasteiger partial charge on any atom is 0.261 e. The third-order valence-electron chi connectivity index (χ3n) is 2.60. The minimum Gasteiger partial charge on any atom is -0.389 e. The van der Waals surface area contributed by atoms with Crippen molar-refractivity contribution >= 4 is 60.4 Å². The fourth-order valence-electron chi connectivity index (χ4n) is 1.59. The summed E-state index contributed by atoms with van der Waals surface area (Å²) in [6.45, 7) is 0. The number of sulfonamides is 1. The van der Waals surface area contributed by atoms with E-state index in [-0.39, 0.29) is 9.88 Å². The number of hydrogen-bond acceptors (Lipinski definition) is 3. The standard InChI is InChI=1S/C13H10BrClN2O2S2/c14-11-5-4-9(7-12(11)15)17-21(18,19)10-3-1-2-8(6-10)13(16)20/h1-7,17H,(H2,16,20). The molecule has 21 heavy (non-hydrogen) atoms. The zero-order valence-corrected chi connectivity index (χ0v) is 14.5. The van der Waals surface area contributed by atoms with Crippen LogP contribution in [-0.2, 0) is 10.0 Å². The third kappa shape index (κ3) is 3.94. The molecule has 0 aliphatic rings. The molecular formula is C13H10BrClN2O2S2. The topological polar surface area (TPSA) is 72.2 Å². The van der Waals surface area contributed by atoms with Crippen LogP contribution in [0.3, 0.4) is 0 Å². The lowest BCUT2D eigenvalue weighted by molar-refractivity contribution is 0.601. The Morgan fingerprint density at radius 2 is 1.95 bits per heavy atom. The average Bonchev–Trinajstić information content (AvgIpc) is 2.43. The molecule has 110 valence electrons. The minimum atomic E-state index is -3.74. The number of hydrogen-bond donors (Lipinski definition) is 2. The van der Waals surface area contributed by atoms with Crippen molar-refractivity contribution in [2.45, 2.75) is 4.90 Å². The molecule has 0 spiro atoms. The summed E-state index contributed by atoms with van der Waals surface area (Å²) in [4.78, 5) is 0.213. The molecular weight excluding hydrogens is 396 g/mol. The van der Waals surface area contributed by atoms with Crippen molar-refractivity contribution in [3.8, 4) is 0 Å². The molecule has 0 atom stereocenters. The highest BCUT2D eigenvalue weighted by atomic mass is 79.9. The fraction of sp³-hybridized carbons (Fsp3) is 0. The zero-order valence-electron chi connectivity index (χ0n) is 10.5. The normalized spacial score (nSPS) is 11.1. The summed E-state index contributed by atoms with van der Waals surface area (Å²) in [5, 5.41) is 0.409. The molecule has 0 saturated carbocycles. The monoisotopic (exact) mass is 404 g/mol. The van der Waals surface area contributed by atoms with Crippen molar-refractivity contribution < 1.29 is 8.42 Å². The smallest absolute Gasteiger partial charge is 0.261 e. The molecule has 0 aliphatic carbocycles. The second-order valence-electron chi connectivity index (χ2n) is 4.13. The van der Waals surface area contributed by atoms with Crippen LogP contribution in [0.15, 0.2) is 51.8 Å². The molecule has 0 radical (unpaired) electrons. The second kappa shape index (κ2) is 6.31. The molecule has 3 N–H and O–H groups in total. The van der Waals surface area contributed by atoms with Crippen molar-refractivity contribution in [2.75, 3.05) is 4.72 Å². The molecule has 0 bridgehead atoms. The lowest BCUT2D eigenvalue weighted by atomic mass is 10.2. The summed E-state index contributed by atoms with van der Waals surface area (Å²) in [6.07, 6.45) is 0. The Morgan fingerprint density at radius 3 is 2.57 bits per heavy atom. The molecule has 4 nitrogen and oxygen atoms in total. The van der Waals surface area contributed by atoms with Gasteiger partial charge in [0.1, 0.15) is 4.99 Å². The molecule has 8 heteroatoms. The van der Waals surface area contributed by atoms with Crippen molar-refractivity contribution in [3.05, 3.63) is 57.5 Å². The first-order valence-corrected chi connectivity index (χ1v) is 8.73. The summed E-state index contributed by atoms with van der Waals surface area (Å²) in [5.74, 6) is 0. The number of halogens is 2. The van der Waals surface area contributed by atoms with Crippen LogP contribution in [-0.4, -0.2) is 13.4 Å². The number of rotatable bonds is 4. The first-order chi connectivity index (χ1) is 9.79. The van der Waals surface area contributed by atoms with Gasteiger partial charge in [-0.05, 0) is 46.3 Å². The Kier molecular flexibility index (Phi) is 4.88. The van der Waals surface area contributed by atoms with E-state index < -0.39 is 10.0 Å². The predicted octanol–water partition coefficient (Wildman–Crippen LogP) is 3.54. The van der Waals surface area contributed by atoms with Crippen molar-refractivity contribution in [3.63, 3.8) is 0 Å². The van der Waals surface area contributed by atoms with Gasteiger partial charge >= 0.3 is 0 Å². The van der Waals surface area contributed by atoms with Gasteiger partial charge in [0.05, 0.1) is 15.6 Å². The van der Waals surface area contributed by atoms with Gasteiger partial charge in [-0.3, -0.25) is 4.72 Å². The lowest BCUT2D eigenvalue weighted by Crippen LogP contribution is -2.15. The van der Waals surface area contributed by atoms with Crippen LogP contribution in [0, 0.1) is 0 Å². The van der Waals surface area contributed by atoms with E-state index >= 15 is 0 Å². The molecule has 0 aromatic heterocycles. The van der Waals surface area contributed by atoms with Gasteiger partial charge in [0.25, 0.3) is 10.0 Å². The summed E-state index contributed by atoms with van der Waals surface area (Å²) >= 11 is 14.0. The predicted molar refractivity (Wildman–Crippen MR) is 92.3 cm³/mol. The molecule has 0 amide bonds. The Morgan fingerprint density at radius 1 is 1.24 bits per heavy atom. The highest BCUT2D eigenvalue weighted by Crippen LogP contribution is 2.27. The minimum absolute atomic E-state index is 0.0758. The molecule has 0 saturated heterocycles. The maximum absolute atomic E-state index is 12.3. The first kappa shape index (κ1) is 16.2. The van der Waals surface area contributed by atoms with Gasteiger partial charge in [0.15, 0.2) is 0 Å². The summed E-state index contributed by atoms with van der Waals surface area (Å²) < 4.78 is 27.8. The molecule has 0 fully saturated rings. The van der Waals surface area contributed by atoms with Crippen LogP contribution < -0.4 is 10.5 Å². The summed E-state index contributed by atoms with van der Waals surface area (Å²) in [6, 6.07) is 10.9. The SMILES string of the molecule is NC(=S)c1cccc(S(=O)(=O)Nc2ccc(Br)c(Cl)c2)c1. The van der Waals surface area contributed by atoms with E-state index in [9.17, 15) is 8.42 Å². The zero-order chi connectivity index (χ0) is 15.6. The van der Waals surface area contributed by atoms with Crippen LogP contribution in [0.1, 0.15) is 5.56 Å². The number of nitrogens with two attached hydrogens (primary N) is 1. The number of nitrogens with one attached hydrogen (secondary N) is 1. The van der Waals surface area contributed by atoms with Crippen molar-refractivity contribution in [1.29, 1.82) is 0 Å². The quantitative estimate of drug-likeness (QED) is 0.763. The van der Waals surface area contributed by atoms with Gasteiger partial charge in [-0.1, -0.05) is 36.0 Å². The first-order valence-electron chi connectivity index (χ1n) is 5.67. The van der Waals surface area contributed by atoms with Crippen LogP contribution in [0.5, 0.6) is 0 Å². The van der Waals surface area contributed by atoms with Crippen LogP contribution >= 0.6 is 39.7 Å². The maximum atomic E-state index is 12.3. The molecule has 0 aliphatic heterocycles. The van der Waals surface area contributed by atoms with Crippen LogP contribution in [0.25, 0.3) is 0 Å². The van der Waals surface area contributed by atoms with E-state index in [1.165, 1.54) is 18.2 Å². The van der Waals surface area contributed by atoms with Gasteiger partial charge in [-0.2, -0.15) is 0 Å². The van der Waals surface area contributed by atoms with Gasteiger partial charge in [0, 0.05) is 10.0 Å². The Bertz CT molecular complexity index is 810. The molecule has 0 heterocycles. The van der Waals surface area contributed by atoms with Crippen molar-refractivity contribution in [2.24, 2.45) is 5.73 Å². The van der Waals surface area contributed by atoms with Gasteiger partial charge in [-0.25, -0.2) is 8.42 Å². The number of thiocarbonyl (C=S) groups is 1. The summed E-state index contributed by atoms with van der Waals surface area (Å²) in [5.41, 5.74) is 6.36. The van der Waals surface area contributed by atoms with E-state index in [0.29, 0.717) is 20.7 Å². The van der Waals surface area contributed by atoms with E-state index in [4.69, 9.17) is 29.6 Å².